The molecule has 19 heavy (non-hydrogen) atoms. The van der Waals surface area contributed by atoms with E-state index in [4.69, 9.17) is 5.73 Å². The minimum Gasteiger partial charge on any atom is -0.327 e. The highest BCUT2D eigenvalue weighted by atomic mass is 79.9. The van der Waals surface area contributed by atoms with Gasteiger partial charge in [-0.1, -0.05) is 18.6 Å². The van der Waals surface area contributed by atoms with Crippen molar-refractivity contribution in [2.75, 3.05) is 0 Å². The van der Waals surface area contributed by atoms with Gasteiger partial charge in [0.25, 0.3) is 0 Å². The third-order valence-electron chi connectivity index (χ3n) is 5.00. The van der Waals surface area contributed by atoms with Gasteiger partial charge in [0.15, 0.2) is 0 Å². The van der Waals surface area contributed by atoms with Crippen LogP contribution in [-0.4, -0.2) is 6.04 Å². The molecule has 0 aromatic heterocycles. The van der Waals surface area contributed by atoms with E-state index in [0.29, 0.717) is 4.47 Å². The van der Waals surface area contributed by atoms with Crippen LogP contribution in [0.2, 0.25) is 0 Å². The van der Waals surface area contributed by atoms with E-state index in [1.807, 2.05) is 6.07 Å². The minimum atomic E-state index is -0.190. The number of hydrogen-bond donors (Lipinski definition) is 1. The average Bonchev–Trinajstić information content (AvgIpc) is 2.97. The third kappa shape index (κ3) is 2.87. The normalized spacial score (nSPS) is 30.8. The number of halogens is 2. The summed E-state index contributed by atoms with van der Waals surface area (Å²) in [5.74, 6) is 2.53. The lowest BCUT2D eigenvalue weighted by Crippen LogP contribution is -2.28. The first-order chi connectivity index (χ1) is 9.13. The molecule has 0 heterocycles. The Balaban J connectivity index is 1.59. The second-order valence-corrected chi connectivity index (χ2v) is 7.14. The van der Waals surface area contributed by atoms with Crippen LogP contribution in [0.5, 0.6) is 0 Å². The van der Waals surface area contributed by atoms with Crippen molar-refractivity contribution in [1.82, 2.24) is 0 Å². The van der Waals surface area contributed by atoms with Crippen LogP contribution in [0.1, 0.15) is 37.7 Å². The molecule has 0 spiro atoms. The van der Waals surface area contributed by atoms with Crippen LogP contribution < -0.4 is 5.73 Å². The molecule has 0 radical (unpaired) electrons. The first kappa shape index (κ1) is 13.6. The predicted molar refractivity (Wildman–Crippen MR) is 79.3 cm³/mol. The third-order valence-corrected chi connectivity index (χ3v) is 5.89. The quantitative estimate of drug-likeness (QED) is 0.878. The molecule has 1 aromatic rings. The topological polar surface area (TPSA) is 26.0 Å². The molecule has 0 amide bonds. The van der Waals surface area contributed by atoms with Crippen LogP contribution in [0.3, 0.4) is 0 Å². The van der Waals surface area contributed by atoms with Crippen molar-refractivity contribution < 1.29 is 4.39 Å². The summed E-state index contributed by atoms with van der Waals surface area (Å²) in [7, 11) is 0. The van der Waals surface area contributed by atoms with Crippen molar-refractivity contribution in [1.29, 1.82) is 0 Å². The molecule has 104 valence electrons. The Morgan fingerprint density at radius 2 is 2.16 bits per heavy atom. The highest BCUT2D eigenvalue weighted by molar-refractivity contribution is 9.10. The summed E-state index contributed by atoms with van der Waals surface area (Å²) in [6, 6.07) is 5.37. The van der Waals surface area contributed by atoms with Crippen molar-refractivity contribution in [3.8, 4) is 0 Å². The van der Waals surface area contributed by atoms with Gasteiger partial charge < -0.3 is 5.73 Å². The van der Waals surface area contributed by atoms with Gasteiger partial charge in [-0.15, -0.1) is 0 Å². The molecule has 0 aliphatic heterocycles. The van der Waals surface area contributed by atoms with Gasteiger partial charge in [0, 0.05) is 6.04 Å². The summed E-state index contributed by atoms with van der Waals surface area (Å²) in [4.78, 5) is 0. The second-order valence-electron chi connectivity index (χ2n) is 6.35. The van der Waals surface area contributed by atoms with E-state index in [9.17, 15) is 4.39 Å². The molecular weight excluding hydrogens is 305 g/mol. The average molecular weight is 326 g/mol. The van der Waals surface area contributed by atoms with Gasteiger partial charge in [-0.05, 0) is 77.4 Å². The lowest BCUT2D eigenvalue weighted by molar-refractivity contribution is 0.294. The lowest BCUT2D eigenvalue weighted by Gasteiger charge is -2.25. The van der Waals surface area contributed by atoms with Crippen LogP contribution in [0.4, 0.5) is 4.39 Å². The molecule has 3 rings (SSSR count). The van der Waals surface area contributed by atoms with E-state index in [0.717, 1.165) is 36.2 Å². The van der Waals surface area contributed by atoms with Gasteiger partial charge in [-0.2, -0.15) is 0 Å². The van der Waals surface area contributed by atoms with Crippen LogP contribution in [0, 0.1) is 23.6 Å². The Morgan fingerprint density at radius 1 is 1.32 bits per heavy atom. The Bertz CT molecular complexity index is 462. The number of fused-ring (bicyclic) bond motifs is 2. The number of rotatable bonds is 4. The van der Waals surface area contributed by atoms with E-state index < -0.39 is 0 Å². The zero-order chi connectivity index (χ0) is 13.4. The Labute approximate surface area is 122 Å². The van der Waals surface area contributed by atoms with E-state index in [1.54, 1.807) is 6.07 Å². The number of nitrogens with two attached hydrogens (primary N) is 1. The molecule has 2 saturated carbocycles. The van der Waals surface area contributed by atoms with Crippen LogP contribution in [-0.2, 0) is 6.42 Å². The molecule has 2 bridgehead atoms. The summed E-state index contributed by atoms with van der Waals surface area (Å²) < 4.78 is 14.1. The highest BCUT2D eigenvalue weighted by Gasteiger charge is 2.39. The first-order valence-corrected chi connectivity index (χ1v) is 8.11. The van der Waals surface area contributed by atoms with Gasteiger partial charge in [-0.25, -0.2) is 4.39 Å². The van der Waals surface area contributed by atoms with E-state index in [-0.39, 0.29) is 11.9 Å². The Kier molecular flexibility index (Phi) is 3.95. The van der Waals surface area contributed by atoms with Crippen molar-refractivity contribution in [2.24, 2.45) is 23.5 Å². The molecule has 2 aliphatic carbocycles. The molecule has 1 aromatic carbocycles. The second kappa shape index (κ2) is 5.53. The largest absolute Gasteiger partial charge is 0.327 e. The van der Waals surface area contributed by atoms with Crippen molar-refractivity contribution in [3.05, 3.63) is 34.1 Å². The van der Waals surface area contributed by atoms with Gasteiger partial charge in [-0.3, -0.25) is 0 Å². The molecule has 0 saturated heterocycles. The molecular formula is C16H21BrFN. The predicted octanol–water partition coefficient (Wildman–Crippen LogP) is 4.28. The molecule has 4 atom stereocenters. The Morgan fingerprint density at radius 3 is 2.84 bits per heavy atom. The fourth-order valence-electron chi connectivity index (χ4n) is 4.13. The zero-order valence-electron chi connectivity index (χ0n) is 11.1. The SMILES string of the molecule is NC(Cc1cccc(F)c1Br)CC1CC2CCC1C2. The van der Waals surface area contributed by atoms with Gasteiger partial charge >= 0.3 is 0 Å². The Hall–Kier alpha value is -0.410. The highest BCUT2D eigenvalue weighted by Crippen LogP contribution is 2.49. The van der Waals surface area contributed by atoms with Gasteiger partial charge in [0.05, 0.1) is 4.47 Å². The molecule has 3 heteroatoms. The number of benzene rings is 1. The van der Waals surface area contributed by atoms with Crippen molar-refractivity contribution in [2.45, 2.75) is 44.6 Å². The maximum atomic E-state index is 13.5. The smallest absolute Gasteiger partial charge is 0.137 e. The standard InChI is InChI=1S/C16H21BrFN/c17-16-12(2-1-3-15(16)18)8-14(19)9-13-7-10-4-5-11(13)6-10/h1-3,10-11,13-14H,4-9,19H2. The number of hydrogen-bond acceptors (Lipinski definition) is 1. The minimum absolute atomic E-state index is 0.155. The molecule has 4 unspecified atom stereocenters. The fourth-order valence-corrected chi connectivity index (χ4v) is 4.55. The van der Waals surface area contributed by atoms with Crippen LogP contribution in [0.15, 0.2) is 22.7 Å². The molecule has 2 aliphatic rings. The maximum Gasteiger partial charge on any atom is 0.137 e. The lowest BCUT2D eigenvalue weighted by atomic mass is 9.83. The van der Waals surface area contributed by atoms with Gasteiger partial charge in [0.2, 0.25) is 0 Å². The first-order valence-electron chi connectivity index (χ1n) is 7.32. The summed E-state index contributed by atoms with van der Waals surface area (Å²) in [6.07, 6.45) is 7.53. The van der Waals surface area contributed by atoms with E-state index in [1.165, 1.54) is 31.7 Å². The molecule has 2 N–H and O–H groups in total. The summed E-state index contributed by atoms with van der Waals surface area (Å²) in [6.45, 7) is 0. The monoisotopic (exact) mass is 325 g/mol. The molecule has 2 fully saturated rings. The molecule has 1 nitrogen and oxygen atoms in total. The van der Waals surface area contributed by atoms with Crippen molar-refractivity contribution >= 4 is 15.9 Å². The fraction of sp³-hybridized carbons (Fsp3) is 0.625. The van der Waals surface area contributed by atoms with Crippen LogP contribution >= 0.6 is 15.9 Å². The zero-order valence-corrected chi connectivity index (χ0v) is 12.7. The summed E-state index contributed by atoms with van der Waals surface area (Å²) >= 11 is 3.32. The van der Waals surface area contributed by atoms with Crippen molar-refractivity contribution in [3.63, 3.8) is 0 Å². The summed E-state index contributed by atoms with van der Waals surface area (Å²) in [5.41, 5.74) is 7.29. The van der Waals surface area contributed by atoms with E-state index >= 15 is 0 Å². The summed E-state index contributed by atoms with van der Waals surface area (Å²) in [5, 5.41) is 0. The van der Waals surface area contributed by atoms with Gasteiger partial charge in [0.1, 0.15) is 5.82 Å². The van der Waals surface area contributed by atoms with Crippen LogP contribution in [0.25, 0.3) is 0 Å². The maximum absolute atomic E-state index is 13.5. The van der Waals surface area contributed by atoms with E-state index in [2.05, 4.69) is 15.9 Å².